The molecule has 0 radical (unpaired) electrons. The molecule has 21 heavy (non-hydrogen) atoms. The molecule has 0 spiro atoms. The molecule has 0 aliphatic rings. The van der Waals surface area contributed by atoms with E-state index in [2.05, 4.69) is 69.1 Å². The van der Waals surface area contributed by atoms with Crippen molar-refractivity contribution in [3.63, 3.8) is 0 Å². The number of pyridine rings is 1. The van der Waals surface area contributed by atoms with Gasteiger partial charge < -0.3 is 0 Å². The summed E-state index contributed by atoms with van der Waals surface area (Å²) in [6.07, 6.45) is 7.33. The fourth-order valence-electron chi connectivity index (χ4n) is 2.83. The first-order chi connectivity index (χ1) is 9.89. The molecule has 0 aliphatic heterocycles. The zero-order valence-corrected chi connectivity index (χ0v) is 13.8. The van der Waals surface area contributed by atoms with Crippen LogP contribution in [0.4, 0.5) is 0 Å². The minimum atomic E-state index is 0.230. The average molecular weight is 281 g/mol. The Labute approximate surface area is 129 Å². The molecule has 0 atom stereocenters. The Kier molecular flexibility index (Phi) is 4.82. The molecule has 2 aromatic rings. The molecular formula is C20H27N. The maximum Gasteiger partial charge on any atom is 0.0300 e. The van der Waals surface area contributed by atoms with E-state index in [-0.39, 0.29) is 5.41 Å². The summed E-state index contributed by atoms with van der Waals surface area (Å²) in [5, 5.41) is 0. The summed E-state index contributed by atoms with van der Waals surface area (Å²) in [6.45, 7) is 9.42. The molecule has 0 amide bonds. The van der Waals surface area contributed by atoms with Crippen LogP contribution >= 0.6 is 0 Å². The number of aromatic nitrogens is 1. The maximum atomic E-state index is 4.23. The van der Waals surface area contributed by atoms with Gasteiger partial charge in [-0.15, -0.1) is 0 Å². The first-order valence-electron chi connectivity index (χ1n) is 7.84. The van der Waals surface area contributed by atoms with Crippen LogP contribution in [0.2, 0.25) is 0 Å². The van der Waals surface area contributed by atoms with Crippen molar-refractivity contribution in [3.8, 4) is 0 Å². The van der Waals surface area contributed by atoms with E-state index in [1.165, 1.54) is 24.0 Å². The maximum absolute atomic E-state index is 4.23. The lowest BCUT2D eigenvalue weighted by Gasteiger charge is -2.31. The van der Waals surface area contributed by atoms with E-state index in [4.69, 9.17) is 0 Å². The van der Waals surface area contributed by atoms with Gasteiger partial charge in [-0.1, -0.05) is 64.1 Å². The van der Waals surface area contributed by atoms with Gasteiger partial charge in [0.2, 0.25) is 0 Å². The highest BCUT2D eigenvalue weighted by Gasteiger charge is 2.26. The van der Waals surface area contributed by atoms with E-state index in [0.717, 1.165) is 6.42 Å². The van der Waals surface area contributed by atoms with Gasteiger partial charge >= 0.3 is 0 Å². The van der Waals surface area contributed by atoms with Gasteiger partial charge in [0.25, 0.3) is 0 Å². The highest BCUT2D eigenvalue weighted by molar-refractivity contribution is 5.23. The molecule has 112 valence electrons. The molecular weight excluding hydrogens is 254 g/mol. The fraction of sp³-hybridized carbons (Fsp3) is 0.450. The largest absolute Gasteiger partial charge is 0.264 e. The molecule has 1 aromatic carbocycles. The summed E-state index contributed by atoms with van der Waals surface area (Å²) < 4.78 is 0. The van der Waals surface area contributed by atoms with E-state index in [1.54, 1.807) is 0 Å². The summed E-state index contributed by atoms with van der Waals surface area (Å²) in [5.74, 6) is 0. The van der Waals surface area contributed by atoms with Crippen molar-refractivity contribution in [3.05, 3.63) is 66.0 Å². The number of hydrogen-bond donors (Lipinski definition) is 0. The zero-order valence-electron chi connectivity index (χ0n) is 13.8. The molecule has 0 aliphatic carbocycles. The summed E-state index contributed by atoms with van der Waals surface area (Å²) in [7, 11) is 0. The Morgan fingerprint density at radius 3 is 2.19 bits per heavy atom. The van der Waals surface area contributed by atoms with Crippen molar-refractivity contribution in [1.29, 1.82) is 0 Å². The third-order valence-corrected chi connectivity index (χ3v) is 4.39. The van der Waals surface area contributed by atoms with E-state index in [0.29, 0.717) is 5.41 Å². The molecule has 0 N–H and O–H groups in total. The van der Waals surface area contributed by atoms with Crippen LogP contribution in [0.25, 0.3) is 0 Å². The first kappa shape index (κ1) is 15.8. The third kappa shape index (κ3) is 4.70. The summed E-state index contributed by atoms with van der Waals surface area (Å²) in [5.41, 5.74) is 3.30. The second kappa shape index (κ2) is 6.43. The normalized spacial score (nSPS) is 12.4. The minimum Gasteiger partial charge on any atom is -0.264 e. The molecule has 1 aromatic heterocycles. The highest BCUT2D eigenvalue weighted by atomic mass is 14.6. The molecule has 1 heterocycles. The molecule has 0 unspecified atom stereocenters. The molecule has 0 saturated heterocycles. The lowest BCUT2D eigenvalue weighted by atomic mass is 9.73. The van der Waals surface area contributed by atoms with Crippen LogP contribution in [0, 0.1) is 5.41 Å². The SMILES string of the molecule is CC(C)(CCC(C)(C)c1ccccc1)Cc1cccnc1. The van der Waals surface area contributed by atoms with Gasteiger partial charge in [0.05, 0.1) is 0 Å². The van der Waals surface area contributed by atoms with Crippen molar-refractivity contribution < 1.29 is 0 Å². The molecule has 1 heteroatoms. The first-order valence-corrected chi connectivity index (χ1v) is 7.84. The van der Waals surface area contributed by atoms with Gasteiger partial charge in [0.1, 0.15) is 0 Å². The molecule has 1 nitrogen and oxygen atoms in total. The van der Waals surface area contributed by atoms with Gasteiger partial charge in [-0.05, 0) is 47.3 Å². The van der Waals surface area contributed by atoms with Crippen LogP contribution in [0.3, 0.4) is 0 Å². The topological polar surface area (TPSA) is 12.9 Å². The lowest BCUT2D eigenvalue weighted by Crippen LogP contribution is -2.23. The fourth-order valence-corrected chi connectivity index (χ4v) is 2.83. The van der Waals surface area contributed by atoms with Crippen molar-refractivity contribution >= 4 is 0 Å². The summed E-state index contributed by atoms with van der Waals surface area (Å²) >= 11 is 0. The Morgan fingerprint density at radius 1 is 0.857 bits per heavy atom. The smallest absolute Gasteiger partial charge is 0.0300 e. The van der Waals surface area contributed by atoms with Gasteiger partial charge in [-0.25, -0.2) is 0 Å². The van der Waals surface area contributed by atoms with Gasteiger partial charge in [0.15, 0.2) is 0 Å². The van der Waals surface area contributed by atoms with Crippen molar-refractivity contribution in [2.75, 3.05) is 0 Å². The molecule has 0 bridgehead atoms. The Balaban J connectivity index is 1.98. The predicted octanol–water partition coefficient (Wildman–Crippen LogP) is 5.41. The Hall–Kier alpha value is -1.63. The summed E-state index contributed by atoms with van der Waals surface area (Å²) in [4.78, 5) is 4.23. The number of hydrogen-bond acceptors (Lipinski definition) is 1. The minimum absolute atomic E-state index is 0.230. The van der Waals surface area contributed by atoms with Crippen LogP contribution in [0.1, 0.15) is 51.7 Å². The van der Waals surface area contributed by atoms with Gasteiger partial charge in [-0.2, -0.15) is 0 Å². The summed E-state index contributed by atoms with van der Waals surface area (Å²) in [6, 6.07) is 15.1. The van der Waals surface area contributed by atoms with Gasteiger partial charge in [-0.3, -0.25) is 4.98 Å². The second-order valence-electron chi connectivity index (χ2n) is 7.45. The predicted molar refractivity (Wildman–Crippen MR) is 90.4 cm³/mol. The zero-order chi connectivity index (χ0) is 15.3. The lowest BCUT2D eigenvalue weighted by molar-refractivity contribution is 0.284. The molecule has 0 fully saturated rings. The third-order valence-electron chi connectivity index (χ3n) is 4.39. The highest BCUT2D eigenvalue weighted by Crippen LogP contribution is 2.35. The van der Waals surface area contributed by atoms with Crippen LogP contribution in [0.5, 0.6) is 0 Å². The number of nitrogens with zero attached hydrogens (tertiary/aromatic N) is 1. The van der Waals surface area contributed by atoms with Gasteiger partial charge in [0, 0.05) is 12.4 Å². The van der Waals surface area contributed by atoms with E-state index in [9.17, 15) is 0 Å². The van der Waals surface area contributed by atoms with Crippen molar-refractivity contribution in [2.24, 2.45) is 5.41 Å². The second-order valence-corrected chi connectivity index (χ2v) is 7.45. The van der Waals surface area contributed by atoms with Crippen LogP contribution in [0.15, 0.2) is 54.9 Å². The van der Waals surface area contributed by atoms with Crippen LogP contribution in [-0.2, 0) is 11.8 Å². The Bertz CT molecular complexity index is 541. The average Bonchev–Trinajstić information content (AvgIpc) is 2.47. The standard InChI is InChI=1S/C20H27N/c1-19(2,15-17-9-8-14-21-16-17)12-13-20(3,4)18-10-6-5-7-11-18/h5-11,14,16H,12-13,15H2,1-4H3. The monoisotopic (exact) mass is 281 g/mol. The molecule has 2 rings (SSSR count). The van der Waals surface area contributed by atoms with E-state index in [1.807, 2.05) is 18.5 Å². The van der Waals surface area contributed by atoms with E-state index < -0.39 is 0 Å². The number of benzene rings is 1. The van der Waals surface area contributed by atoms with E-state index >= 15 is 0 Å². The number of rotatable bonds is 6. The van der Waals surface area contributed by atoms with Crippen molar-refractivity contribution in [1.82, 2.24) is 4.98 Å². The van der Waals surface area contributed by atoms with Crippen LogP contribution < -0.4 is 0 Å². The Morgan fingerprint density at radius 2 is 1.57 bits per heavy atom. The molecule has 0 saturated carbocycles. The van der Waals surface area contributed by atoms with Crippen molar-refractivity contribution in [2.45, 2.75) is 52.4 Å². The quantitative estimate of drug-likeness (QED) is 0.690. The van der Waals surface area contributed by atoms with Crippen LogP contribution in [-0.4, -0.2) is 4.98 Å².